The van der Waals surface area contributed by atoms with Crippen LogP contribution in [0.25, 0.3) is 0 Å². The summed E-state index contributed by atoms with van der Waals surface area (Å²) in [5.74, 6) is 0. The van der Waals surface area contributed by atoms with Crippen LogP contribution < -0.4 is 0 Å². The molecule has 0 fully saturated rings. The van der Waals surface area contributed by atoms with Crippen LogP contribution in [0.5, 0.6) is 0 Å². The Kier molecular flexibility index (Phi) is 2150. The molecule has 2 radical (unpaired) electrons. The van der Waals surface area contributed by atoms with Crippen LogP contribution in [0.3, 0.4) is 0 Å². The van der Waals surface area contributed by atoms with Crippen molar-refractivity contribution in [3.05, 3.63) is 0 Å². The molecule has 0 aromatic carbocycles. The molecule has 54 valence electrons. The fourth-order valence-corrected chi connectivity index (χ4v) is 0. The van der Waals surface area contributed by atoms with Gasteiger partial charge in [-0.3, -0.25) is 0 Å². The molecule has 0 saturated heterocycles. The second-order valence-electron chi connectivity index (χ2n) is 0. The zero-order valence-corrected chi connectivity index (χ0v) is 10.8. The average molecular weight is 324 g/mol. The molecule has 0 N–H and O–H groups in total. The Bertz CT molecular complexity index is 17.8. The first-order valence-electron chi connectivity index (χ1n) is 0. The minimum Gasteiger partial charge on any atom is -2.00 e. The topological polar surface area (TPSA) is 85.5 Å². The first-order valence-corrected chi connectivity index (χ1v) is 0. The molecule has 0 saturated carbocycles. The van der Waals surface area contributed by atoms with Gasteiger partial charge in [0, 0.05) is 68.3 Å². The normalized spacial score (nSPS) is 0. The van der Waals surface area contributed by atoms with E-state index in [1.165, 1.54) is 0 Å². The van der Waals surface area contributed by atoms with Crippen LogP contribution in [-0.4, -0.2) is 34.7 Å². The quantitative estimate of drug-likeness (QED) is 0.505. The van der Waals surface area contributed by atoms with Crippen molar-refractivity contribution in [2.75, 3.05) is 0 Å². The van der Waals surface area contributed by atoms with Gasteiger partial charge in [0.2, 0.25) is 0 Å². The van der Waals surface area contributed by atoms with E-state index in [-0.39, 0.29) is 119 Å². The minimum atomic E-state index is 0. The maximum atomic E-state index is 0. The summed E-state index contributed by atoms with van der Waals surface area (Å²) in [6.45, 7) is 0. The van der Waals surface area contributed by atoms with Gasteiger partial charge in [0.05, 0.1) is 0 Å². The fourth-order valence-electron chi connectivity index (χ4n) is 0. The van der Waals surface area contributed by atoms with Gasteiger partial charge in [-0.2, -0.15) is 0 Å². The Hall–Kier alpha value is 3.02. The molecule has 0 amide bonds. The Labute approximate surface area is 118 Å². The second kappa shape index (κ2) is 121. The maximum Gasteiger partial charge on any atom is 3.00 e. The van der Waals surface area contributed by atoms with Crippen LogP contribution in [0.4, 0.5) is 0 Å². The van der Waals surface area contributed by atoms with E-state index in [2.05, 4.69) is 0 Å². The zero-order chi connectivity index (χ0) is 0. The molecule has 0 aromatic rings. The molecule has 0 aliphatic carbocycles. The van der Waals surface area contributed by atoms with Crippen molar-refractivity contribution < 1.29 is 84.7 Å². The molecule has 0 spiro atoms. The summed E-state index contributed by atoms with van der Waals surface area (Å²) in [4.78, 5) is 0. The van der Waals surface area contributed by atoms with Gasteiger partial charge in [-0.1, -0.05) is 0 Å². The Morgan fingerprint density at radius 2 is 0.444 bits per heavy atom. The van der Waals surface area contributed by atoms with Crippen molar-refractivity contribution >= 4 is 34.7 Å². The molecule has 9 heavy (non-hydrogen) atoms. The molecule has 0 aliphatic heterocycles. The molecule has 0 heterocycles. The third kappa shape index (κ3) is 98.2. The maximum absolute atomic E-state index is 0. The van der Waals surface area contributed by atoms with Crippen LogP contribution in [0.1, 0.15) is 0 Å². The standard InChI is InChI=1S/2Al.2Co.2Cr.3O/q2*+3;;;;;3*-2. The van der Waals surface area contributed by atoms with Crippen LogP contribution >= 0.6 is 0 Å². The van der Waals surface area contributed by atoms with Crippen molar-refractivity contribution in [3.8, 4) is 0 Å². The number of hydrogen-bond donors (Lipinski definition) is 0. The van der Waals surface area contributed by atoms with Crippen molar-refractivity contribution in [2.24, 2.45) is 0 Å². The largest absolute Gasteiger partial charge is 3.00 e. The van der Waals surface area contributed by atoms with Crippen LogP contribution in [0.2, 0.25) is 0 Å². The fraction of sp³-hybridized carbons (Fsp3) is 0. The Morgan fingerprint density at radius 3 is 0.444 bits per heavy atom. The first-order chi connectivity index (χ1) is 0. The van der Waals surface area contributed by atoms with Gasteiger partial charge >= 0.3 is 34.7 Å². The van der Waals surface area contributed by atoms with Crippen molar-refractivity contribution in [2.45, 2.75) is 0 Å². The predicted octanol–water partition coefficient (Wildman–Crippen LogP) is -1.13. The number of hydrogen-bond acceptors (Lipinski definition) is 0. The molecule has 0 rings (SSSR count). The van der Waals surface area contributed by atoms with Gasteiger partial charge in [-0.05, 0) is 0 Å². The molecular weight excluding hydrogens is 324 g/mol. The van der Waals surface area contributed by atoms with Crippen LogP contribution in [0.15, 0.2) is 0 Å². The van der Waals surface area contributed by atoms with E-state index in [1.807, 2.05) is 0 Å². The van der Waals surface area contributed by atoms with E-state index in [9.17, 15) is 0 Å². The van der Waals surface area contributed by atoms with Gasteiger partial charge in [0.15, 0.2) is 0 Å². The van der Waals surface area contributed by atoms with Gasteiger partial charge < -0.3 is 16.4 Å². The third-order valence-electron chi connectivity index (χ3n) is 0. The van der Waals surface area contributed by atoms with E-state index in [1.54, 1.807) is 0 Å². The molecular formula is Al2Co2Cr2O3. The molecule has 0 atom stereocenters. The summed E-state index contributed by atoms with van der Waals surface area (Å²) >= 11 is 0. The third-order valence-corrected chi connectivity index (χ3v) is 0. The monoisotopic (exact) mass is 324 g/mol. The van der Waals surface area contributed by atoms with Gasteiger partial charge in [-0.25, -0.2) is 0 Å². The number of rotatable bonds is 0. The van der Waals surface area contributed by atoms with Crippen LogP contribution in [-0.2, 0) is 84.7 Å². The molecule has 3 nitrogen and oxygen atoms in total. The summed E-state index contributed by atoms with van der Waals surface area (Å²) < 4.78 is 0. The molecule has 0 bridgehead atoms. The van der Waals surface area contributed by atoms with E-state index in [0.29, 0.717) is 0 Å². The second-order valence-corrected chi connectivity index (χ2v) is 0. The molecule has 9 heteroatoms. The summed E-state index contributed by atoms with van der Waals surface area (Å²) in [5, 5.41) is 0. The summed E-state index contributed by atoms with van der Waals surface area (Å²) in [5.41, 5.74) is 0. The van der Waals surface area contributed by atoms with Crippen molar-refractivity contribution in [1.82, 2.24) is 0 Å². The van der Waals surface area contributed by atoms with Crippen LogP contribution in [0, 0.1) is 0 Å². The SMILES string of the molecule is [Al+3].[Al+3].[Co].[Co].[Cr].[Cr].[O-2].[O-2].[O-2]. The van der Waals surface area contributed by atoms with Crippen molar-refractivity contribution in [1.29, 1.82) is 0 Å². The first kappa shape index (κ1) is 160. The van der Waals surface area contributed by atoms with E-state index in [0.717, 1.165) is 0 Å². The molecule has 0 aliphatic rings. The smallest absolute Gasteiger partial charge is 2.00 e. The summed E-state index contributed by atoms with van der Waals surface area (Å²) in [7, 11) is 0. The van der Waals surface area contributed by atoms with E-state index >= 15 is 0 Å². The summed E-state index contributed by atoms with van der Waals surface area (Å²) in [6, 6.07) is 0. The van der Waals surface area contributed by atoms with Gasteiger partial charge in [0.25, 0.3) is 0 Å². The average Bonchev–Trinajstić information content (AvgIpc) is 0. The molecule has 0 unspecified atom stereocenters. The zero-order valence-electron chi connectivity index (χ0n) is 3.86. The van der Waals surface area contributed by atoms with E-state index < -0.39 is 0 Å². The van der Waals surface area contributed by atoms with Crippen molar-refractivity contribution in [3.63, 3.8) is 0 Å². The minimum absolute atomic E-state index is 0. The van der Waals surface area contributed by atoms with Gasteiger partial charge in [0.1, 0.15) is 0 Å². The van der Waals surface area contributed by atoms with E-state index in [4.69, 9.17) is 0 Å². The Morgan fingerprint density at radius 1 is 0.444 bits per heavy atom. The Balaban J connectivity index is 0. The van der Waals surface area contributed by atoms with Gasteiger partial charge in [-0.15, -0.1) is 0 Å². The predicted molar refractivity (Wildman–Crippen MR) is 13.6 cm³/mol. The summed E-state index contributed by atoms with van der Waals surface area (Å²) in [6.07, 6.45) is 0. The molecule has 0 aromatic heterocycles.